The molecule has 1 fully saturated rings. The van der Waals surface area contributed by atoms with Crippen LogP contribution in [0.1, 0.15) is 32.1 Å². The Morgan fingerprint density at radius 2 is 2.31 bits per heavy atom. The molecule has 1 saturated carbocycles. The van der Waals surface area contributed by atoms with Gasteiger partial charge in [-0.05, 0) is 38.6 Å². The minimum absolute atomic E-state index is 0.434. The molecule has 0 aliphatic heterocycles. The molecule has 2 rings (SSSR count). The van der Waals surface area contributed by atoms with Crippen LogP contribution in [0.3, 0.4) is 0 Å². The highest BCUT2D eigenvalue weighted by atomic mass is 15.0. The van der Waals surface area contributed by atoms with E-state index in [1.165, 1.54) is 25.7 Å². The van der Waals surface area contributed by atoms with Crippen molar-refractivity contribution in [2.24, 2.45) is 5.73 Å². The first-order valence-electron chi connectivity index (χ1n) is 6.29. The van der Waals surface area contributed by atoms with Crippen molar-refractivity contribution < 1.29 is 0 Å². The van der Waals surface area contributed by atoms with E-state index in [1.807, 2.05) is 18.7 Å². The fraction of sp³-hybridized carbons (Fsp3) is 0.750. The largest absolute Gasteiger partial charge is 0.337 e. The first-order valence-corrected chi connectivity index (χ1v) is 6.29. The standard InChI is InChI=1S/C12H22N4/c13-11-3-4-12(9-11)15-5-1-2-7-16-8-6-14-10-16/h6,8,10-12,15H,1-5,7,9,13H2. The molecule has 0 saturated heterocycles. The van der Waals surface area contributed by atoms with E-state index >= 15 is 0 Å². The molecule has 1 aliphatic rings. The Hall–Kier alpha value is -0.870. The van der Waals surface area contributed by atoms with Crippen molar-refractivity contribution in [3.05, 3.63) is 18.7 Å². The molecule has 1 heterocycles. The second kappa shape index (κ2) is 6.01. The van der Waals surface area contributed by atoms with Crippen LogP contribution in [0.2, 0.25) is 0 Å². The molecule has 0 spiro atoms. The number of unbranched alkanes of at least 4 members (excludes halogenated alkanes) is 1. The quantitative estimate of drug-likeness (QED) is 0.709. The summed E-state index contributed by atoms with van der Waals surface area (Å²) in [6.07, 6.45) is 11.8. The van der Waals surface area contributed by atoms with Crippen LogP contribution >= 0.6 is 0 Å². The summed E-state index contributed by atoms with van der Waals surface area (Å²) in [5.41, 5.74) is 5.87. The first kappa shape index (κ1) is 11.6. The fourth-order valence-corrected chi connectivity index (χ4v) is 2.35. The number of aryl methyl sites for hydroxylation is 1. The molecular weight excluding hydrogens is 200 g/mol. The van der Waals surface area contributed by atoms with E-state index in [1.54, 1.807) is 0 Å². The summed E-state index contributed by atoms with van der Waals surface area (Å²) < 4.78 is 2.13. The maximum atomic E-state index is 5.87. The van der Waals surface area contributed by atoms with Gasteiger partial charge in [-0.1, -0.05) is 0 Å². The van der Waals surface area contributed by atoms with Crippen LogP contribution in [-0.2, 0) is 6.54 Å². The molecule has 16 heavy (non-hydrogen) atoms. The van der Waals surface area contributed by atoms with Crippen molar-refractivity contribution in [1.29, 1.82) is 0 Å². The number of imidazole rings is 1. The summed E-state index contributed by atoms with van der Waals surface area (Å²) in [5, 5.41) is 3.59. The van der Waals surface area contributed by atoms with Crippen LogP contribution in [0.5, 0.6) is 0 Å². The van der Waals surface area contributed by atoms with Crippen molar-refractivity contribution in [3.63, 3.8) is 0 Å². The van der Waals surface area contributed by atoms with E-state index in [9.17, 15) is 0 Å². The third-order valence-electron chi connectivity index (χ3n) is 3.31. The molecule has 1 aromatic heterocycles. The van der Waals surface area contributed by atoms with Gasteiger partial charge in [0, 0.05) is 31.0 Å². The third kappa shape index (κ3) is 3.61. The highest BCUT2D eigenvalue weighted by molar-refractivity contribution is 4.82. The van der Waals surface area contributed by atoms with Crippen LogP contribution in [0.4, 0.5) is 0 Å². The lowest BCUT2D eigenvalue weighted by atomic mass is 10.2. The molecule has 4 nitrogen and oxygen atoms in total. The van der Waals surface area contributed by atoms with Crippen LogP contribution in [-0.4, -0.2) is 28.2 Å². The van der Waals surface area contributed by atoms with Crippen molar-refractivity contribution in [3.8, 4) is 0 Å². The molecule has 90 valence electrons. The smallest absolute Gasteiger partial charge is 0.0945 e. The lowest BCUT2D eigenvalue weighted by Crippen LogP contribution is -2.29. The molecule has 1 aliphatic carbocycles. The van der Waals surface area contributed by atoms with E-state index in [-0.39, 0.29) is 0 Å². The van der Waals surface area contributed by atoms with E-state index in [4.69, 9.17) is 5.73 Å². The highest BCUT2D eigenvalue weighted by Crippen LogP contribution is 2.16. The fourth-order valence-electron chi connectivity index (χ4n) is 2.35. The van der Waals surface area contributed by atoms with Gasteiger partial charge in [-0.3, -0.25) is 0 Å². The summed E-state index contributed by atoms with van der Waals surface area (Å²) in [5.74, 6) is 0. The molecular formula is C12H22N4. The van der Waals surface area contributed by atoms with Crippen LogP contribution in [0, 0.1) is 0 Å². The number of rotatable bonds is 6. The van der Waals surface area contributed by atoms with Crippen molar-refractivity contribution in [1.82, 2.24) is 14.9 Å². The molecule has 2 unspecified atom stereocenters. The molecule has 0 bridgehead atoms. The number of aromatic nitrogens is 2. The lowest BCUT2D eigenvalue weighted by molar-refractivity contribution is 0.490. The topological polar surface area (TPSA) is 55.9 Å². The zero-order chi connectivity index (χ0) is 11.2. The van der Waals surface area contributed by atoms with Gasteiger partial charge in [-0.25, -0.2) is 4.98 Å². The van der Waals surface area contributed by atoms with Crippen LogP contribution in [0.15, 0.2) is 18.7 Å². The van der Waals surface area contributed by atoms with Gasteiger partial charge in [-0.15, -0.1) is 0 Å². The molecule has 0 amide bonds. The highest BCUT2D eigenvalue weighted by Gasteiger charge is 2.20. The molecule has 1 aromatic rings. The minimum Gasteiger partial charge on any atom is -0.337 e. The molecule has 2 atom stereocenters. The third-order valence-corrected chi connectivity index (χ3v) is 3.31. The van der Waals surface area contributed by atoms with E-state index < -0.39 is 0 Å². The number of nitrogens with two attached hydrogens (primary N) is 1. The Bertz CT molecular complexity index is 283. The van der Waals surface area contributed by atoms with Gasteiger partial charge in [0.15, 0.2) is 0 Å². The Morgan fingerprint density at radius 3 is 3.00 bits per heavy atom. The van der Waals surface area contributed by atoms with Crippen molar-refractivity contribution in [2.75, 3.05) is 6.54 Å². The number of nitrogens with one attached hydrogen (secondary N) is 1. The summed E-state index contributed by atoms with van der Waals surface area (Å²) in [6.45, 7) is 2.19. The van der Waals surface area contributed by atoms with Crippen molar-refractivity contribution >= 4 is 0 Å². The number of nitrogens with zero attached hydrogens (tertiary/aromatic N) is 2. The van der Waals surface area contributed by atoms with E-state index in [0.717, 1.165) is 19.5 Å². The zero-order valence-electron chi connectivity index (χ0n) is 9.81. The monoisotopic (exact) mass is 222 g/mol. The van der Waals surface area contributed by atoms with Gasteiger partial charge in [0.1, 0.15) is 0 Å². The number of hydrogen-bond donors (Lipinski definition) is 2. The number of hydrogen-bond acceptors (Lipinski definition) is 3. The summed E-state index contributed by atoms with van der Waals surface area (Å²) in [7, 11) is 0. The second-order valence-corrected chi connectivity index (χ2v) is 4.73. The maximum absolute atomic E-state index is 5.87. The van der Waals surface area contributed by atoms with Gasteiger partial charge >= 0.3 is 0 Å². The Kier molecular flexibility index (Phi) is 4.36. The normalized spacial score (nSPS) is 25.1. The van der Waals surface area contributed by atoms with Crippen molar-refractivity contribution in [2.45, 2.75) is 50.7 Å². The zero-order valence-corrected chi connectivity index (χ0v) is 9.81. The van der Waals surface area contributed by atoms with Gasteiger partial charge in [0.2, 0.25) is 0 Å². The Labute approximate surface area is 97.2 Å². The predicted molar refractivity (Wildman–Crippen MR) is 65.1 cm³/mol. The van der Waals surface area contributed by atoms with Gasteiger partial charge in [0.25, 0.3) is 0 Å². The summed E-state index contributed by atoms with van der Waals surface area (Å²) in [4.78, 5) is 4.03. The van der Waals surface area contributed by atoms with Crippen LogP contribution in [0.25, 0.3) is 0 Å². The van der Waals surface area contributed by atoms with Gasteiger partial charge in [0.05, 0.1) is 6.33 Å². The molecule has 3 N–H and O–H groups in total. The minimum atomic E-state index is 0.434. The van der Waals surface area contributed by atoms with E-state index in [0.29, 0.717) is 12.1 Å². The summed E-state index contributed by atoms with van der Waals surface area (Å²) in [6, 6.07) is 1.10. The summed E-state index contributed by atoms with van der Waals surface area (Å²) >= 11 is 0. The molecule has 4 heteroatoms. The lowest BCUT2D eigenvalue weighted by Gasteiger charge is -2.11. The SMILES string of the molecule is NC1CCC(NCCCCn2ccnc2)C1. The second-order valence-electron chi connectivity index (χ2n) is 4.73. The van der Waals surface area contributed by atoms with E-state index in [2.05, 4.69) is 14.9 Å². The van der Waals surface area contributed by atoms with Gasteiger partial charge < -0.3 is 15.6 Å². The van der Waals surface area contributed by atoms with Gasteiger partial charge in [-0.2, -0.15) is 0 Å². The Morgan fingerprint density at radius 1 is 1.38 bits per heavy atom. The predicted octanol–water partition coefficient (Wildman–Crippen LogP) is 1.13. The average Bonchev–Trinajstić information content (AvgIpc) is 2.89. The first-order chi connectivity index (χ1) is 7.84. The Balaban J connectivity index is 1.49. The molecule has 0 aromatic carbocycles. The average molecular weight is 222 g/mol. The maximum Gasteiger partial charge on any atom is 0.0945 e. The van der Waals surface area contributed by atoms with Crippen LogP contribution < -0.4 is 11.1 Å². The molecule has 0 radical (unpaired) electrons.